The molecular weight excluding hydrogens is 485 g/mol. The third kappa shape index (κ3) is 7.54. The van der Waals surface area contributed by atoms with Crippen LogP contribution in [0.3, 0.4) is 0 Å². The lowest BCUT2D eigenvalue weighted by Crippen LogP contribution is -2.38. The number of aryl methyl sites for hydroxylation is 1. The number of ether oxygens (including phenoxy) is 1. The molecule has 0 unspecified atom stereocenters. The number of rotatable bonds is 8. The summed E-state index contributed by atoms with van der Waals surface area (Å²) in [6.07, 6.45) is 9.74. The molecule has 6 nitrogen and oxygen atoms in total. The fraction of sp³-hybridized carbons (Fsp3) is 0.550. The van der Waals surface area contributed by atoms with Crippen molar-refractivity contribution in [2.45, 2.75) is 58.6 Å². The minimum atomic E-state index is 0. The van der Waals surface area contributed by atoms with Gasteiger partial charge in [0.05, 0.1) is 11.6 Å². The fourth-order valence-corrected chi connectivity index (χ4v) is 3.89. The molecule has 1 aliphatic carbocycles. The molecule has 0 aliphatic heterocycles. The highest BCUT2D eigenvalue weighted by Gasteiger charge is 2.17. The number of aliphatic imine (C=N–C) groups is 1. The van der Waals surface area contributed by atoms with Crippen LogP contribution >= 0.6 is 35.3 Å². The first kappa shape index (κ1) is 22.9. The maximum Gasteiger partial charge on any atom is 0.213 e. The van der Waals surface area contributed by atoms with E-state index in [0.717, 1.165) is 48.9 Å². The Morgan fingerprint density at radius 3 is 2.82 bits per heavy atom. The van der Waals surface area contributed by atoms with E-state index in [4.69, 9.17) is 4.74 Å². The normalized spacial score (nSPS) is 14.6. The summed E-state index contributed by atoms with van der Waals surface area (Å²) >= 11 is 1.75. The molecule has 28 heavy (non-hydrogen) atoms. The maximum absolute atomic E-state index is 5.99. The molecule has 1 aliphatic rings. The first-order valence-electron chi connectivity index (χ1n) is 9.78. The molecule has 2 N–H and O–H groups in total. The van der Waals surface area contributed by atoms with Gasteiger partial charge in [-0.2, -0.15) is 0 Å². The van der Waals surface area contributed by atoms with E-state index >= 15 is 0 Å². The molecule has 154 valence electrons. The fourth-order valence-electron chi connectivity index (χ4n) is 3.11. The van der Waals surface area contributed by atoms with E-state index in [2.05, 4.69) is 39.4 Å². The maximum atomic E-state index is 5.99. The Morgan fingerprint density at radius 2 is 2.11 bits per heavy atom. The lowest BCUT2D eigenvalue weighted by Gasteiger charge is -2.13. The number of pyridine rings is 1. The van der Waals surface area contributed by atoms with E-state index in [1.165, 1.54) is 17.7 Å². The molecule has 3 rings (SSSR count). The van der Waals surface area contributed by atoms with Crippen molar-refractivity contribution in [3.05, 3.63) is 40.0 Å². The molecule has 0 amide bonds. The standard InChI is InChI=1S/C20H29N5OS.HI/c1-3-21-20(23-11-9-19-24-13-15(2)27-19)25-14-16-8-10-22-18(12-16)26-17-6-4-5-7-17;/h8,10,12-13,17H,3-7,9,11,14H2,1-2H3,(H2,21,23,25);1H. The third-order valence-electron chi connectivity index (χ3n) is 4.45. The Bertz CT molecular complexity index is 746. The van der Waals surface area contributed by atoms with Crippen LogP contribution in [0.25, 0.3) is 0 Å². The monoisotopic (exact) mass is 515 g/mol. The van der Waals surface area contributed by atoms with Gasteiger partial charge in [0.15, 0.2) is 5.96 Å². The molecule has 0 saturated heterocycles. The first-order valence-corrected chi connectivity index (χ1v) is 10.6. The third-order valence-corrected chi connectivity index (χ3v) is 5.43. The van der Waals surface area contributed by atoms with Gasteiger partial charge in [0.2, 0.25) is 5.88 Å². The number of thiazole rings is 1. The van der Waals surface area contributed by atoms with Crippen LogP contribution in [0, 0.1) is 6.92 Å². The number of guanidine groups is 1. The van der Waals surface area contributed by atoms with Crippen molar-refractivity contribution in [3.63, 3.8) is 0 Å². The van der Waals surface area contributed by atoms with E-state index < -0.39 is 0 Å². The number of halogens is 1. The summed E-state index contributed by atoms with van der Waals surface area (Å²) in [4.78, 5) is 14.7. The molecule has 2 heterocycles. The van der Waals surface area contributed by atoms with Crippen LogP contribution < -0.4 is 15.4 Å². The van der Waals surface area contributed by atoms with Crippen LogP contribution in [0.4, 0.5) is 0 Å². The second kappa shape index (κ2) is 12.2. The van der Waals surface area contributed by atoms with Gasteiger partial charge in [-0.1, -0.05) is 0 Å². The summed E-state index contributed by atoms with van der Waals surface area (Å²) in [5, 5.41) is 7.82. The zero-order valence-electron chi connectivity index (χ0n) is 16.6. The van der Waals surface area contributed by atoms with Crippen LogP contribution in [-0.4, -0.2) is 35.1 Å². The first-order chi connectivity index (χ1) is 13.2. The van der Waals surface area contributed by atoms with Gasteiger partial charge in [-0.3, -0.25) is 0 Å². The van der Waals surface area contributed by atoms with Gasteiger partial charge < -0.3 is 15.4 Å². The molecule has 0 atom stereocenters. The Hall–Kier alpha value is -1.42. The molecule has 8 heteroatoms. The molecule has 1 saturated carbocycles. The number of nitrogens with zero attached hydrogens (tertiary/aromatic N) is 3. The van der Waals surface area contributed by atoms with Crippen molar-refractivity contribution < 1.29 is 4.74 Å². The van der Waals surface area contributed by atoms with E-state index in [9.17, 15) is 0 Å². The SMILES string of the molecule is CCNC(=NCc1ccnc(OC2CCCC2)c1)NCCc1ncc(C)s1.I. The highest BCUT2D eigenvalue weighted by molar-refractivity contribution is 14.0. The summed E-state index contributed by atoms with van der Waals surface area (Å²) in [7, 11) is 0. The topological polar surface area (TPSA) is 71.4 Å². The Morgan fingerprint density at radius 1 is 1.29 bits per heavy atom. The Balaban J connectivity index is 0.00000280. The second-order valence-electron chi connectivity index (χ2n) is 6.76. The van der Waals surface area contributed by atoms with E-state index in [-0.39, 0.29) is 24.0 Å². The van der Waals surface area contributed by atoms with Gasteiger partial charge in [-0.15, -0.1) is 35.3 Å². The largest absolute Gasteiger partial charge is 0.474 e. The minimum Gasteiger partial charge on any atom is -0.474 e. The summed E-state index contributed by atoms with van der Waals surface area (Å²) in [6, 6.07) is 4.00. The number of hydrogen-bond acceptors (Lipinski definition) is 5. The van der Waals surface area contributed by atoms with Gasteiger partial charge in [0.25, 0.3) is 0 Å². The predicted molar refractivity (Wildman–Crippen MR) is 126 cm³/mol. The van der Waals surface area contributed by atoms with Crippen LogP contribution in [0.5, 0.6) is 5.88 Å². The number of aromatic nitrogens is 2. The molecule has 0 spiro atoms. The van der Waals surface area contributed by atoms with Crippen LogP contribution in [0.1, 0.15) is 48.1 Å². The Labute approximate surface area is 188 Å². The molecular formula is C20H30IN5OS. The molecule has 0 bridgehead atoms. The lowest BCUT2D eigenvalue weighted by molar-refractivity contribution is 0.201. The van der Waals surface area contributed by atoms with Gasteiger partial charge in [-0.25, -0.2) is 15.0 Å². The summed E-state index contributed by atoms with van der Waals surface area (Å²) in [5.41, 5.74) is 1.10. The average molecular weight is 515 g/mol. The zero-order valence-corrected chi connectivity index (χ0v) is 19.8. The summed E-state index contributed by atoms with van der Waals surface area (Å²) in [6.45, 7) is 6.38. The average Bonchev–Trinajstić information content (AvgIpc) is 3.32. The zero-order chi connectivity index (χ0) is 18.9. The molecule has 0 aromatic carbocycles. The summed E-state index contributed by atoms with van der Waals surface area (Å²) < 4.78 is 5.99. The van der Waals surface area contributed by atoms with Crippen molar-refractivity contribution in [2.24, 2.45) is 4.99 Å². The van der Waals surface area contributed by atoms with Gasteiger partial charge in [0, 0.05) is 42.8 Å². The molecule has 2 aromatic heterocycles. The smallest absolute Gasteiger partial charge is 0.213 e. The molecule has 2 aromatic rings. The predicted octanol–water partition coefficient (Wildman–Crippen LogP) is 4.08. The number of nitrogens with one attached hydrogen (secondary N) is 2. The molecule has 0 radical (unpaired) electrons. The van der Waals surface area contributed by atoms with Crippen molar-refractivity contribution in [1.29, 1.82) is 0 Å². The quantitative estimate of drug-likeness (QED) is 0.315. The van der Waals surface area contributed by atoms with Gasteiger partial charge in [0.1, 0.15) is 6.10 Å². The van der Waals surface area contributed by atoms with Crippen LogP contribution in [0.2, 0.25) is 0 Å². The van der Waals surface area contributed by atoms with Gasteiger partial charge >= 0.3 is 0 Å². The van der Waals surface area contributed by atoms with E-state index in [0.29, 0.717) is 18.5 Å². The minimum absolute atomic E-state index is 0. The Kier molecular flexibility index (Phi) is 9.97. The highest BCUT2D eigenvalue weighted by atomic mass is 127. The second-order valence-corrected chi connectivity index (χ2v) is 8.08. The highest BCUT2D eigenvalue weighted by Crippen LogP contribution is 2.23. The summed E-state index contributed by atoms with van der Waals surface area (Å²) in [5.74, 6) is 1.53. The molecule has 1 fully saturated rings. The van der Waals surface area contributed by atoms with Crippen molar-refractivity contribution in [3.8, 4) is 5.88 Å². The number of hydrogen-bond donors (Lipinski definition) is 2. The van der Waals surface area contributed by atoms with Gasteiger partial charge in [-0.05, 0) is 51.2 Å². The van der Waals surface area contributed by atoms with Crippen LogP contribution in [-0.2, 0) is 13.0 Å². The van der Waals surface area contributed by atoms with Crippen molar-refractivity contribution in [2.75, 3.05) is 13.1 Å². The van der Waals surface area contributed by atoms with E-state index in [1.54, 1.807) is 17.5 Å². The van der Waals surface area contributed by atoms with Crippen LogP contribution in [0.15, 0.2) is 29.5 Å². The van der Waals surface area contributed by atoms with Crippen molar-refractivity contribution >= 4 is 41.3 Å². The van der Waals surface area contributed by atoms with Crippen molar-refractivity contribution in [1.82, 2.24) is 20.6 Å². The lowest BCUT2D eigenvalue weighted by atomic mass is 10.2. The van der Waals surface area contributed by atoms with E-state index in [1.807, 2.05) is 18.3 Å².